The van der Waals surface area contributed by atoms with E-state index in [0.717, 1.165) is 102 Å². The van der Waals surface area contributed by atoms with Gasteiger partial charge in [-0.15, -0.1) is 0 Å². The van der Waals surface area contributed by atoms with Gasteiger partial charge in [-0.2, -0.15) is 0 Å². The standard InChI is InChI=1S/C63H108O4/c1-25-43(51-37-66-51)29-27-31-64-53-47(59(15,16)39-55(3,4)5)33-45(34-48(53)60(17,18)40-56(6,7)8)63(23,24)46-35-49(61(19,20)41-57(9,10)11)54(50(36-46)62(21,22)42-58(12,13)14)65-32-28-30-44(26-2)52-38-67-52/h33-36,43-44,51-52H,25-32,37-42H2,1-24H3. The molecule has 4 heteroatoms. The quantitative estimate of drug-likeness (QED) is 0.0777. The second-order valence-corrected chi connectivity index (χ2v) is 30.0. The third-order valence-electron chi connectivity index (χ3n) is 15.2. The zero-order valence-electron chi connectivity index (χ0n) is 48.7. The topological polar surface area (TPSA) is 43.5 Å². The van der Waals surface area contributed by atoms with Gasteiger partial charge in [0.05, 0.1) is 38.6 Å². The van der Waals surface area contributed by atoms with E-state index in [9.17, 15) is 0 Å². The summed E-state index contributed by atoms with van der Waals surface area (Å²) in [7, 11) is 0. The molecule has 2 aromatic rings. The summed E-state index contributed by atoms with van der Waals surface area (Å²) >= 11 is 0. The van der Waals surface area contributed by atoms with Crippen molar-refractivity contribution in [1.82, 2.24) is 0 Å². The van der Waals surface area contributed by atoms with E-state index in [2.05, 4.69) is 190 Å². The average molecular weight is 930 g/mol. The van der Waals surface area contributed by atoms with Crippen molar-refractivity contribution in [3.63, 3.8) is 0 Å². The molecule has 2 fully saturated rings. The summed E-state index contributed by atoms with van der Waals surface area (Å²) in [6, 6.07) is 10.3. The molecule has 0 saturated carbocycles. The summed E-state index contributed by atoms with van der Waals surface area (Å²) in [4.78, 5) is 0. The number of benzene rings is 2. The molecule has 2 aromatic carbocycles. The Morgan fingerprint density at radius 3 is 0.866 bits per heavy atom. The molecule has 4 unspecified atom stereocenters. The van der Waals surface area contributed by atoms with Crippen LogP contribution < -0.4 is 9.47 Å². The second-order valence-electron chi connectivity index (χ2n) is 30.0. The number of rotatable bonds is 24. The van der Waals surface area contributed by atoms with Crippen LogP contribution >= 0.6 is 0 Å². The molecule has 0 spiro atoms. The van der Waals surface area contributed by atoms with Crippen LogP contribution in [0.3, 0.4) is 0 Å². The lowest BCUT2D eigenvalue weighted by Gasteiger charge is -2.42. The summed E-state index contributed by atoms with van der Waals surface area (Å²) in [5.74, 6) is 3.48. The van der Waals surface area contributed by atoms with E-state index in [0.29, 0.717) is 24.0 Å². The molecular weight excluding hydrogens is 821 g/mol. The maximum atomic E-state index is 7.30. The molecule has 4 rings (SSSR count). The maximum absolute atomic E-state index is 7.30. The number of hydrogen-bond acceptors (Lipinski definition) is 4. The van der Waals surface area contributed by atoms with Crippen LogP contribution in [0.2, 0.25) is 0 Å². The van der Waals surface area contributed by atoms with E-state index in [-0.39, 0.29) is 48.7 Å². The number of epoxide rings is 2. The summed E-state index contributed by atoms with van der Waals surface area (Å²) < 4.78 is 26.1. The minimum atomic E-state index is -0.341. The Labute approximate surface area is 416 Å². The fraction of sp³-hybridized carbons (Fsp3) is 0.810. The van der Waals surface area contributed by atoms with Gasteiger partial charge in [0.1, 0.15) is 11.5 Å². The van der Waals surface area contributed by atoms with Crippen LogP contribution in [-0.2, 0) is 36.5 Å². The highest BCUT2D eigenvalue weighted by atomic mass is 16.6. The molecule has 2 aliphatic rings. The maximum Gasteiger partial charge on any atom is 0.126 e. The lowest BCUT2D eigenvalue weighted by atomic mass is 9.64. The third kappa shape index (κ3) is 16.5. The Kier molecular flexibility index (Phi) is 18.0. The number of hydrogen-bond donors (Lipinski definition) is 0. The van der Waals surface area contributed by atoms with E-state index >= 15 is 0 Å². The molecule has 2 aliphatic heterocycles. The van der Waals surface area contributed by atoms with Gasteiger partial charge in [-0.05, 0) is 118 Å². The van der Waals surface area contributed by atoms with E-state index in [1.807, 2.05) is 0 Å². The van der Waals surface area contributed by atoms with Crippen LogP contribution in [-0.4, -0.2) is 38.6 Å². The highest BCUT2D eigenvalue weighted by Crippen LogP contribution is 2.53. The summed E-state index contributed by atoms with van der Waals surface area (Å²) in [5.41, 5.74) is 7.77. The Hall–Kier alpha value is -2.04. The predicted molar refractivity (Wildman–Crippen MR) is 290 cm³/mol. The summed E-state index contributed by atoms with van der Waals surface area (Å²) in [6.45, 7) is 61.4. The van der Waals surface area contributed by atoms with Gasteiger partial charge in [0, 0.05) is 27.7 Å². The fourth-order valence-electron chi connectivity index (χ4n) is 13.2. The molecule has 0 aromatic heterocycles. The minimum absolute atomic E-state index is 0.131. The van der Waals surface area contributed by atoms with Crippen molar-refractivity contribution < 1.29 is 18.9 Å². The van der Waals surface area contributed by atoms with Crippen molar-refractivity contribution in [2.24, 2.45) is 33.5 Å². The Balaban J connectivity index is 2.05. The largest absolute Gasteiger partial charge is 0.493 e. The van der Waals surface area contributed by atoms with Gasteiger partial charge in [-0.25, -0.2) is 0 Å². The Morgan fingerprint density at radius 2 is 0.672 bits per heavy atom. The molecule has 0 aliphatic carbocycles. The first-order valence-corrected chi connectivity index (χ1v) is 27.2. The second kappa shape index (κ2) is 21.0. The molecule has 384 valence electrons. The van der Waals surface area contributed by atoms with Crippen LogP contribution in [0.4, 0.5) is 0 Å². The van der Waals surface area contributed by atoms with Gasteiger partial charge in [0.2, 0.25) is 0 Å². The van der Waals surface area contributed by atoms with Crippen molar-refractivity contribution in [3.05, 3.63) is 57.6 Å². The summed E-state index contributed by atoms with van der Waals surface area (Å²) in [6.07, 6.45) is 11.7. The van der Waals surface area contributed by atoms with Gasteiger partial charge in [-0.3, -0.25) is 0 Å². The van der Waals surface area contributed by atoms with Crippen LogP contribution in [0.1, 0.15) is 264 Å². The zero-order valence-corrected chi connectivity index (χ0v) is 48.7. The highest BCUT2D eigenvalue weighted by Gasteiger charge is 2.42. The highest BCUT2D eigenvalue weighted by molar-refractivity contribution is 5.58. The number of ether oxygens (including phenoxy) is 4. The molecule has 2 saturated heterocycles. The van der Waals surface area contributed by atoms with Crippen LogP contribution in [0.5, 0.6) is 11.5 Å². The first-order valence-electron chi connectivity index (χ1n) is 27.2. The minimum Gasteiger partial charge on any atom is -0.493 e. The van der Waals surface area contributed by atoms with Crippen LogP contribution in [0, 0.1) is 33.5 Å². The molecule has 0 amide bonds. The fourth-order valence-corrected chi connectivity index (χ4v) is 13.2. The third-order valence-corrected chi connectivity index (χ3v) is 15.2. The molecule has 2 heterocycles. The van der Waals surface area contributed by atoms with E-state index in [4.69, 9.17) is 18.9 Å². The van der Waals surface area contributed by atoms with Gasteiger partial charge in [-0.1, -0.05) is 203 Å². The lowest BCUT2D eigenvalue weighted by Crippen LogP contribution is -2.32. The first-order chi connectivity index (χ1) is 30.3. The van der Waals surface area contributed by atoms with E-state index in [1.165, 1.54) is 33.4 Å². The molecule has 4 nitrogen and oxygen atoms in total. The van der Waals surface area contributed by atoms with E-state index < -0.39 is 0 Å². The monoisotopic (exact) mass is 929 g/mol. The van der Waals surface area contributed by atoms with E-state index in [1.54, 1.807) is 0 Å². The van der Waals surface area contributed by atoms with Gasteiger partial charge >= 0.3 is 0 Å². The van der Waals surface area contributed by atoms with Gasteiger partial charge in [0.25, 0.3) is 0 Å². The van der Waals surface area contributed by atoms with Crippen molar-refractivity contribution >= 4 is 0 Å². The van der Waals surface area contributed by atoms with Crippen molar-refractivity contribution in [3.8, 4) is 11.5 Å². The van der Waals surface area contributed by atoms with Gasteiger partial charge < -0.3 is 18.9 Å². The van der Waals surface area contributed by atoms with Gasteiger partial charge in [0.15, 0.2) is 0 Å². The smallest absolute Gasteiger partial charge is 0.126 e. The lowest BCUT2D eigenvalue weighted by molar-refractivity contribution is 0.236. The average Bonchev–Trinajstić information content (AvgIpc) is 4.06. The van der Waals surface area contributed by atoms with Crippen LogP contribution in [0.15, 0.2) is 24.3 Å². The predicted octanol–water partition coefficient (Wildman–Crippen LogP) is 18.0. The van der Waals surface area contributed by atoms with Crippen molar-refractivity contribution in [1.29, 1.82) is 0 Å². The SMILES string of the molecule is CCC(CCCOc1c(C(C)(C)CC(C)(C)C)cc(C(C)(C)c2cc(C(C)(C)CC(C)(C)C)c(OCCCC(CC)C3CO3)c(C(C)(C)CC(C)(C)C)c2)cc1C(C)(C)CC(C)(C)C)C1CO1. The molecule has 0 radical (unpaired) electrons. The zero-order chi connectivity index (χ0) is 51.0. The first kappa shape index (κ1) is 57.5. The van der Waals surface area contributed by atoms with Crippen molar-refractivity contribution in [2.45, 2.75) is 270 Å². The molecule has 67 heavy (non-hydrogen) atoms. The van der Waals surface area contributed by atoms with Crippen molar-refractivity contribution in [2.75, 3.05) is 26.4 Å². The normalized spacial score (nSPS) is 18.8. The summed E-state index contributed by atoms with van der Waals surface area (Å²) in [5, 5.41) is 0. The Morgan fingerprint density at radius 1 is 0.433 bits per heavy atom. The molecule has 0 N–H and O–H groups in total. The Bertz CT molecular complexity index is 1670. The molecule has 0 bridgehead atoms. The molecular formula is C63H108O4. The molecule has 4 atom stereocenters. The van der Waals surface area contributed by atoms with Crippen LogP contribution in [0.25, 0.3) is 0 Å².